The van der Waals surface area contributed by atoms with Gasteiger partial charge >= 0.3 is 5.97 Å². The van der Waals surface area contributed by atoms with Crippen LogP contribution in [-0.4, -0.2) is 48.8 Å². The molecule has 13 heavy (non-hydrogen) atoms. The number of hydrogen-bond donors (Lipinski definition) is 1. The molecule has 1 aliphatic heterocycles. The molecule has 0 aromatic heterocycles. The SMILES string of the molecule is COC(=O)CC(C)N1CC(CO)C1. The van der Waals surface area contributed by atoms with Crippen molar-refractivity contribution in [2.75, 3.05) is 26.8 Å². The standard InChI is InChI=1S/C9H17NO3/c1-7(3-9(12)13-2)10-4-8(5-10)6-11/h7-8,11H,3-6H2,1-2H3. The van der Waals surface area contributed by atoms with Crippen LogP contribution in [0.25, 0.3) is 0 Å². The van der Waals surface area contributed by atoms with Crippen molar-refractivity contribution in [3.63, 3.8) is 0 Å². The van der Waals surface area contributed by atoms with Gasteiger partial charge in [-0.05, 0) is 6.92 Å². The van der Waals surface area contributed by atoms with Crippen LogP contribution in [0.2, 0.25) is 0 Å². The summed E-state index contributed by atoms with van der Waals surface area (Å²) in [6, 6.07) is 0.232. The van der Waals surface area contributed by atoms with Gasteiger partial charge in [-0.3, -0.25) is 9.69 Å². The van der Waals surface area contributed by atoms with Gasteiger partial charge in [-0.1, -0.05) is 0 Å². The predicted molar refractivity (Wildman–Crippen MR) is 48.2 cm³/mol. The van der Waals surface area contributed by atoms with Crippen LogP contribution in [0, 0.1) is 5.92 Å². The lowest BCUT2D eigenvalue weighted by molar-refractivity contribution is -0.142. The van der Waals surface area contributed by atoms with Crippen LogP contribution >= 0.6 is 0 Å². The van der Waals surface area contributed by atoms with E-state index in [1.165, 1.54) is 7.11 Å². The molecule has 0 radical (unpaired) electrons. The van der Waals surface area contributed by atoms with Crippen LogP contribution in [0.5, 0.6) is 0 Å². The minimum absolute atomic E-state index is 0.167. The van der Waals surface area contributed by atoms with E-state index < -0.39 is 0 Å². The topological polar surface area (TPSA) is 49.8 Å². The van der Waals surface area contributed by atoms with E-state index in [2.05, 4.69) is 9.64 Å². The Morgan fingerprint density at radius 3 is 2.77 bits per heavy atom. The van der Waals surface area contributed by atoms with Gasteiger partial charge < -0.3 is 9.84 Å². The highest BCUT2D eigenvalue weighted by molar-refractivity contribution is 5.69. The number of rotatable bonds is 4. The molecule has 0 spiro atoms. The van der Waals surface area contributed by atoms with Crippen LogP contribution in [0.3, 0.4) is 0 Å². The first-order valence-corrected chi connectivity index (χ1v) is 4.59. The Balaban J connectivity index is 2.19. The normalized spacial score (nSPS) is 20.8. The molecule has 1 N–H and O–H groups in total. The Kier molecular flexibility index (Phi) is 3.69. The molecule has 0 bridgehead atoms. The number of aliphatic hydroxyl groups is 1. The third kappa shape index (κ3) is 2.67. The highest BCUT2D eigenvalue weighted by Gasteiger charge is 2.30. The molecule has 0 aromatic rings. The van der Waals surface area contributed by atoms with Crippen LogP contribution < -0.4 is 0 Å². The number of hydrogen-bond acceptors (Lipinski definition) is 4. The number of nitrogens with zero attached hydrogens (tertiary/aromatic N) is 1. The maximum absolute atomic E-state index is 10.9. The fraction of sp³-hybridized carbons (Fsp3) is 0.889. The van der Waals surface area contributed by atoms with Gasteiger partial charge in [0.1, 0.15) is 0 Å². The van der Waals surface area contributed by atoms with Gasteiger partial charge in [0.2, 0.25) is 0 Å². The van der Waals surface area contributed by atoms with Gasteiger partial charge in [-0.2, -0.15) is 0 Å². The van der Waals surface area contributed by atoms with E-state index in [1.54, 1.807) is 0 Å². The summed E-state index contributed by atoms with van der Waals surface area (Å²) in [6.45, 7) is 4.05. The minimum Gasteiger partial charge on any atom is -0.469 e. The van der Waals surface area contributed by atoms with E-state index in [9.17, 15) is 4.79 Å². The van der Waals surface area contributed by atoms with Gasteiger partial charge in [0.15, 0.2) is 0 Å². The van der Waals surface area contributed by atoms with Gasteiger partial charge in [0.25, 0.3) is 0 Å². The maximum Gasteiger partial charge on any atom is 0.307 e. The number of methoxy groups -OCH3 is 1. The van der Waals surface area contributed by atoms with Gasteiger partial charge in [0, 0.05) is 31.7 Å². The molecule has 1 saturated heterocycles. The van der Waals surface area contributed by atoms with Crippen LogP contribution in [0.4, 0.5) is 0 Å². The molecule has 1 heterocycles. The van der Waals surface area contributed by atoms with Crippen molar-refractivity contribution in [3.8, 4) is 0 Å². The predicted octanol–water partition coefficient (Wildman–Crippen LogP) is -0.138. The molecule has 1 rings (SSSR count). The zero-order valence-electron chi connectivity index (χ0n) is 8.19. The number of aliphatic hydroxyl groups excluding tert-OH is 1. The molecule has 0 aromatic carbocycles. The number of carbonyl (C=O) groups is 1. The largest absolute Gasteiger partial charge is 0.469 e. The van der Waals surface area contributed by atoms with Crippen LogP contribution in [-0.2, 0) is 9.53 Å². The lowest BCUT2D eigenvalue weighted by Gasteiger charge is -2.42. The van der Waals surface area contributed by atoms with Crippen LogP contribution in [0.15, 0.2) is 0 Å². The Morgan fingerprint density at radius 1 is 1.69 bits per heavy atom. The first-order valence-electron chi connectivity index (χ1n) is 4.59. The average Bonchev–Trinajstić information content (AvgIpc) is 2.02. The zero-order chi connectivity index (χ0) is 9.84. The molecule has 1 aliphatic rings. The van der Waals surface area contributed by atoms with Crippen molar-refractivity contribution in [2.45, 2.75) is 19.4 Å². The van der Waals surface area contributed by atoms with Gasteiger partial charge in [-0.15, -0.1) is 0 Å². The Bertz CT molecular complexity index is 178. The fourth-order valence-electron chi connectivity index (χ4n) is 1.54. The Labute approximate surface area is 78.5 Å². The van der Waals surface area contributed by atoms with Gasteiger partial charge in [0.05, 0.1) is 13.5 Å². The van der Waals surface area contributed by atoms with Crippen molar-refractivity contribution in [3.05, 3.63) is 0 Å². The summed E-state index contributed by atoms with van der Waals surface area (Å²) in [7, 11) is 1.40. The lowest BCUT2D eigenvalue weighted by Crippen LogP contribution is -2.52. The third-order valence-electron chi connectivity index (χ3n) is 2.56. The highest BCUT2D eigenvalue weighted by atomic mass is 16.5. The van der Waals surface area contributed by atoms with E-state index >= 15 is 0 Å². The molecule has 4 heteroatoms. The average molecular weight is 187 g/mol. The Morgan fingerprint density at radius 2 is 2.31 bits per heavy atom. The summed E-state index contributed by atoms with van der Waals surface area (Å²) in [4.78, 5) is 13.1. The van der Waals surface area contributed by atoms with Crippen molar-refractivity contribution in [1.82, 2.24) is 4.90 Å². The first-order chi connectivity index (χ1) is 6.17. The molecule has 1 fully saturated rings. The summed E-state index contributed by atoms with van der Waals surface area (Å²) in [5.41, 5.74) is 0. The number of esters is 1. The van der Waals surface area contributed by atoms with Crippen molar-refractivity contribution in [2.24, 2.45) is 5.92 Å². The Hall–Kier alpha value is -0.610. The van der Waals surface area contributed by atoms with Gasteiger partial charge in [-0.25, -0.2) is 0 Å². The van der Waals surface area contributed by atoms with E-state index in [1.807, 2.05) is 6.92 Å². The van der Waals surface area contributed by atoms with E-state index in [0.29, 0.717) is 12.3 Å². The summed E-state index contributed by atoms with van der Waals surface area (Å²) in [5, 5.41) is 8.80. The van der Waals surface area contributed by atoms with Crippen LogP contribution in [0.1, 0.15) is 13.3 Å². The second-order valence-electron chi connectivity index (χ2n) is 3.63. The quantitative estimate of drug-likeness (QED) is 0.622. The van der Waals surface area contributed by atoms with E-state index in [4.69, 9.17) is 5.11 Å². The lowest BCUT2D eigenvalue weighted by atomic mass is 9.98. The second kappa shape index (κ2) is 4.58. The maximum atomic E-state index is 10.9. The molecule has 4 nitrogen and oxygen atoms in total. The molecule has 0 amide bonds. The minimum atomic E-state index is -0.167. The number of likely N-dealkylation sites (tertiary alicyclic amines) is 1. The first kappa shape index (κ1) is 10.5. The summed E-state index contributed by atoms with van der Waals surface area (Å²) < 4.78 is 4.58. The summed E-state index contributed by atoms with van der Waals surface area (Å²) in [5.74, 6) is 0.236. The monoisotopic (exact) mass is 187 g/mol. The fourth-order valence-corrected chi connectivity index (χ4v) is 1.54. The summed E-state index contributed by atoms with van der Waals surface area (Å²) in [6.07, 6.45) is 0.439. The number of carbonyl (C=O) groups excluding carboxylic acids is 1. The highest BCUT2D eigenvalue weighted by Crippen LogP contribution is 2.19. The van der Waals surface area contributed by atoms with Crippen molar-refractivity contribution in [1.29, 1.82) is 0 Å². The smallest absolute Gasteiger partial charge is 0.307 e. The zero-order valence-corrected chi connectivity index (χ0v) is 8.19. The third-order valence-corrected chi connectivity index (χ3v) is 2.56. The van der Waals surface area contributed by atoms with E-state index in [0.717, 1.165) is 13.1 Å². The summed E-state index contributed by atoms with van der Waals surface area (Å²) >= 11 is 0. The molecule has 0 saturated carbocycles. The molecular formula is C9H17NO3. The van der Waals surface area contributed by atoms with Crippen molar-refractivity contribution >= 4 is 5.97 Å². The number of ether oxygens (including phenoxy) is 1. The molecule has 0 aliphatic carbocycles. The molecule has 1 unspecified atom stereocenters. The molecular weight excluding hydrogens is 170 g/mol. The van der Waals surface area contributed by atoms with E-state index in [-0.39, 0.29) is 18.6 Å². The second-order valence-corrected chi connectivity index (χ2v) is 3.63. The van der Waals surface area contributed by atoms with Crippen molar-refractivity contribution < 1.29 is 14.6 Å². The molecule has 1 atom stereocenters. The molecule has 76 valence electrons.